The van der Waals surface area contributed by atoms with E-state index < -0.39 is 5.97 Å². The van der Waals surface area contributed by atoms with Gasteiger partial charge in [0.05, 0.1) is 12.1 Å². The second kappa shape index (κ2) is 7.74. The molecular formula is C15H18N2O4S. The van der Waals surface area contributed by atoms with Gasteiger partial charge in [0.25, 0.3) is 0 Å². The van der Waals surface area contributed by atoms with Gasteiger partial charge in [-0.2, -0.15) is 11.3 Å². The Bertz CT molecular complexity index is 634. The minimum absolute atomic E-state index is 0.127. The van der Waals surface area contributed by atoms with Crippen molar-refractivity contribution in [2.24, 2.45) is 0 Å². The molecule has 0 saturated carbocycles. The summed E-state index contributed by atoms with van der Waals surface area (Å²) in [6, 6.07) is 1.92. The van der Waals surface area contributed by atoms with Gasteiger partial charge in [0, 0.05) is 23.9 Å². The second-order valence-electron chi connectivity index (χ2n) is 4.91. The van der Waals surface area contributed by atoms with Crippen LogP contribution in [0.5, 0.6) is 0 Å². The van der Waals surface area contributed by atoms with Crippen LogP contribution in [-0.2, 0) is 16.0 Å². The van der Waals surface area contributed by atoms with Gasteiger partial charge in [-0.05, 0) is 31.2 Å². The molecule has 0 aliphatic rings. The average molecular weight is 322 g/mol. The van der Waals surface area contributed by atoms with Gasteiger partial charge in [-0.3, -0.25) is 9.59 Å². The first-order chi connectivity index (χ1) is 10.6. The number of carbonyl (C=O) groups excluding carboxylic acids is 1. The summed E-state index contributed by atoms with van der Waals surface area (Å²) in [5.41, 5.74) is 1.54. The number of hydrogen-bond donors (Lipinski definition) is 2. The SMILES string of the molecule is Cc1oc(-c2ccsc2)nc1CC(=O)NCCCCC(=O)O. The van der Waals surface area contributed by atoms with Gasteiger partial charge in [-0.25, -0.2) is 4.98 Å². The maximum atomic E-state index is 11.9. The van der Waals surface area contributed by atoms with E-state index in [2.05, 4.69) is 10.3 Å². The van der Waals surface area contributed by atoms with Crippen LogP contribution in [0.4, 0.5) is 0 Å². The molecule has 0 saturated heterocycles. The molecule has 6 nitrogen and oxygen atoms in total. The third-order valence-corrected chi connectivity index (χ3v) is 3.81. The van der Waals surface area contributed by atoms with Crippen molar-refractivity contribution in [1.29, 1.82) is 0 Å². The first kappa shape index (κ1) is 16.2. The lowest BCUT2D eigenvalue weighted by Crippen LogP contribution is -2.26. The van der Waals surface area contributed by atoms with Crippen LogP contribution in [0.15, 0.2) is 21.2 Å². The zero-order valence-corrected chi connectivity index (χ0v) is 13.1. The standard InChI is InChI=1S/C15H18N2O4S/c1-10-12(17-15(21-10)11-5-7-22-9-11)8-13(18)16-6-3-2-4-14(19)20/h5,7,9H,2-4,6,8H2,1H3,(H,16,18)(H,19,20). The molecule has 2 heterocycles. The fourth-order valence-electron chi connectivity index (χ4n) is 1.95. The highest BCUT2D eigenvalue weighted by molar-refractivity contribution is 7.08. The van der Waals surface area contributed by atoms with Crippen molar-refractivity contribution in [2.75, 3.05) is 6.54 Å². The molecule has 2 aromatic heterocycles. The molecule has 2 rings (SSSR count). The number of rotatable bonds is 8. The Balaban J connectivity index is 1.80. The van der Waals surface area contributed by atoms with E-state index in [0.29, 0.717) is 36.7 Å². The van der Waals surface area contributed by atoms with Gasteiger partial charge in [-0.1, -0.05) is 0 Å². The zero-order valence-electron chi connectivity index (χ0n) is 12.3. The summed E-state index contributed by atoms with van der Waals surface area (Å²) in [5, 5.41) is 15.2. The van der Waals surface area contributed by atoms with Crippen molar-refractivity contribution in [2.45, 2.75) is 32.6 Å². The average Bonchev–Trinajstić information content (AvgIpc) is 3.08. The minimum Gasteiger partial charge on any atom is -0.481 e. The predicted molar refractivity (Wildman–Crippen MR) is 82.8 cm³/mol. The Kier molecular flexibility index (Phi) is 5.71. The minimum atomic E-state index is -0.814. The van der Waals surface area contributed by atoms with Crippen LogP contribution >= 0.6 is 11.3 Å². The van der Waals surface area contributed by atoms with Crippen LogP contribution < -0.4 is 5.32 Å². The van der Waals surface area contributed by atoms with Crippen LogP contribution in [0.1, 0.15) is 30.7 Å². The molecule has 0 fully saturated rings. The molecule has 2 N–H and O–H groups in total. The van der Waals surface area contributed by atoms with Gasteiger partial charge < -0.3 is 14.8 Å². The summed E-state index contributed by atoms with van der Waals surface area (Å²) in [6.07, 6.45) is 1.50. The normalized spacial score (nSPS) is 10.6. The molecule has 22 heavy (non-hydrogen) atoms. The van der Waals surface area contributed by atoms with Gasteiger partial charge in [-0.15, -0.1) is 0 Å². The van der Waals surface area contributed by atoms with Crippen LogP contribution in [0.25, 0.3) is 11.5 Å². The number of carbonyl (C=O) groups is 2. The molecule has 2 aromatic rings. The Labute approximate surface area is 132 Å². The van der Waals surface area contributed by atoms with Crippen LogP contribution in [0.3, 0.4) is 0 Å². The first-order valence-electron chi connectivity index (χ1n) is 7.03. The van der Waals surface area contributed by atoms with Crippen molar-refractivity contribution in [3.8, 4) is 11.5 Å². The van der Waals surface area contributed by atoms with Crippen molar-refractivity contribution < 1.29 is 19.1 Å². The van der Waals surface area contributed by atoms with Crippen LogP contribution in [-0.4, -0.2) is 28.5 Å². The fraction of sp³-hybridized carbons (Fsp3) is 0.400. The molecule has 0 aliphatic heterocycles. The summed E-state index contributed by atoms with van der Waals surface area (Å²) in [7, 11) is 0. The Hall–Kier alpha value is -2.15. The summed E-state index contributed by atoms with van der Waals surface area (Å²) >= 11 is 1.56. The number of nitrogens with one attached hydrogen (secondary N) is 1. The fourth-order valence-corrected chi connectivity index (χ4v) is 2.58. The van der Waals surface area contributed by atoms with Crippen LogP contribution in [0, 0.1) is 6.92 Å². The monoisotopic (exact) mass is 322 g/mol. The molecule has 0 radical (unpaired) electrons. The van der Waals surface area contributed by atoms with E-state index in [9.17, 15) is 9.59 Å². The number of hydrogen-bond acceptors (Lipinski definition) is 5. The number of carboxylic acids is 1. The Morgan fingerprint density at radius 3 is 2.91 bits per heavy atom. The molecular weight excluding hydrogens is 304 g/mol. The highest BCUT2D eigenvalue weighted by Crippen LogP contribution is 2.23. The molecule has 0 aromatic carbocycles. The molecule has 0 unspecified atom stereocenters. The molecule has 7 heteroatoms. The topological polar surface area (TPSA) is 92.4 Å². The smallest absolute Gasteiger partial charge is 0.303 e. The van der Waals surface area contributed by atoms with Gasteiger partial charge in [0.15, 0.2) is 0 Å². The number of aliphatic carboxylic acids is 1. The van der Waals surface area contributed by atoms with E-state index in [1.54, 1.807) is 18.3 Å². The second-order valence-corrected chi connectivity index (χ2v) is 5.69. The summed E-state index contributed by atoms with van der Waals surface area (Å²) < 4.78 is 5.58. The van der Waals surface area contributed by atoms with Crippen molar-refractivity contribution >= 4 is 23.2 Å². The lowest BCUT2D eigenvalue weighted by Gasteiger charge is -2.03. The lowest BCUT2D eigenvalue weighted by molar-refractivity contribution is -0.137. The first-order valence-corrected chi connectivity index (χ1v) is 7.98. The largest absolute Gasteiger partial charge is 0.481 e. The van der Waals surface area contributed by atoms with Crippen LogP contribution in [0.2, 0.25) is 0 Å². The third kappa shape index (κ3) is 4.70. The zero-order chi connectivity index (χ0) is 15.9. The summed E-state index contributed by atoms with van der Waals surface area (Å²) in [6.45, 7) is 2.26. The number of aromatic nitrogens is 1. The summed E-state index contributed by atoms with van der Waals surface area (Å²) in [4.78, 5) is 26.6. The third-order valence-electron chi connectivity index (χ3n) is 3.13. The van der Waals surface area contributed by atoms with Gasteiger partial charge in [0.1, 0.15) is 5.76 Å². The van der Waals surface area contributed by atoms with Crippen molar-refractivity contribution in [3.63, 3.8) is 0 Å². The molecule has 0 bridgehead atoms. The lowest BCUT2D eigenvalue weighted by atomic mass is 10.2. The molecule has 0 spiro atoms. The highest BCUT2D eigenvalue weighted by atomic mass is 32.1. The van der Waals surface area contributed by atoms with E-state index in [1.807, 2.05) is 16.8 Å². The molecule has 0 aliphatic carbocycles. The number of aryl methyl sites for hydroxylation is 1. The number of unbranched alkanes of at least 4 members (excludes halogenated alkanes) is 1. The molecule has 118 valence electrons. The van der Waals surface area contributed by atoms with E-state index >= 15 is 0 Å². The van der Waals surface area contributed by atoms with E-state index in [1.165, 1.54) is 0 Å². The van der Waals surface area contributed by atoms with E-state index in [-0.39, 0.29) is 18.7 Å². The number of amides is 1. The maximum Gasteiger partial charge on any atom is 0.303 e. The molecule has 1 amide bonds. The van der Waals surface area contributed by atoms with Gasteiger partial charge >= 0.3 is 5.97 Å². The number of oxazole rings is 1. The quantitative estimate of drug-likeness (QED) is 0.729. The maximum absolute atomic E-state index is 11.9. The Morgan fingerprint density at radius 1 is 1.41 bits per heavy atom. The number of nitrogens with zero attached hydrogens (tertiary/aromatic N) is 1. The predicted octanol–water partition coefficient (Wildman–Crippen LogP) is 2.63. The highest BCUT2D eigenvalue weighted by Gasteiger charge is 2.14. The summed E-state index contributed by atoms with van der Waals surface area (Å²) in [5.74, 6) is 0.222. The number of thiophene rings is 1. The molecule has 0 atom stereocenters. The van der Waals surface area contributed by atoms with Gasteiger partial charge in [0.2, 0.25) is 11.8 Å². The van der Waals surface area contributed by atoms with Crippen molar-refractivity contribution in [3.05, 3.63) is 28.3 Å². The van der Waals surface area contributed by atoms with E-state index in [0.717, 1.165) is 5.56 Å². The number of carboxylic acid groups (broad SMARTS) is 1. The van der Waals surface area contributed by atoms with E-state index in [4.69, 9.17) is 9.52 Å². The Morgan fingerprint density at radius 2 is 2.23 bits per heavy atom. The van der Waals surface area contributed by atoms with Crippen molar-refractivity contribution in [1.82, 2.24) is 10.3 Å².